The molecule has 0 aliphatic carbocycles. The molecular formula is C20H20O5. The summed E-state index contributed by atoms with van der Waals surface area (Å²) in [5, 5.41) is 0.494. The van der Waals surface area contributed by atoms with E-state index >= 15 is 0 Å². The number of rotatable bonds is 6. The molecule has 1 heterocycles. The summed E-state index contributed by atoms with van der Waals surface area (Å²) in [5.41, 5.74) is 2.19. The van der Waals surface area contributed by atoms with Crippen molar-refractivity contribution in [1.29, 1.82) is 0 Å². The molecule has 5 nitrogen and oxygen atoms in total. The van der Waals surface area contributed by atoms with Gasteiger partial charge in [-0.15, -0.1) is 0 Å². The van der Waals surface area contributed by atoms with Crippen LogP contribution < -0.4 is 10.2 Å². The van der Waals surface area contributed by atoms with Gasteiger partial charge in [0.2, 0.25) is 0 Å². The molecule has 0 saturated heterocycles. The van der Waals surface area contributed by atoms with Crippen molar-refractivity contribution in [2.45, 2.75) is 12.2 Å². The maximum absolute atomic E-state index is 12.1. The van der Waals surface area contributed by atoms with Gasteiger partial charge in [0.05, 0.1) is 18.8 Å². The molecule has 0 spiro atoms. The number of methoxy groups -OCH3 is 3. The molecule has 3 rings (SSSR count). The van der Waals surface area contributed by atoms with E-state index < -0.39 is 5.79 Å². The molecule has 1 aromatic heterocycles. The highest BCUT2D eigenvalue weighted by atomic mass is 16.7. The topological polar surface area (TPSA) is 57.9 Å². The van der Waals surface area contributed by atoms with E-state index in [1.807, 2.05) is 30.3 Å². The Hall–Kier alpha value is -2.63. The molecule has 0 aliphatic heterocycles. The van der Waals surface area contributed by atoms with Crippen molar-refractivity contribution in [3.8, 4) is 5.75 Å². The predicted molar refractivity (Wildman–Crippen MR) is 94.9 cm³/mol. The van der Waals surface area contributed by atoms with Crippen molar-refractivity contribution in [2.75, 3.05) is 21.3 Å². The van der Waals surface area contributed by atoms with Crippen LogP contribution in [0.4, 0.5) is 0 Å². The summed E-state index contributed by atoms with van der Waals surface area (Å²) in [5.74, 6) is -0.224. The van der Waals surface area contributed by atoms with E-state index in [4.69, 9.17) is 18.6 Å². The fourth-order valence-electron chi connectivity index (χ4n) is 2.90. The first-order chi connectivity index (χ1) is 12.1. The molecule has 0 atom stereocenters. The fraction of sp³-hybridized carbons (Fsp3) is 0.250. The summed E-state index contributed by atoms with van der Waals surface area (Å²) in [6.45, 7) is 0. The Bertz CT molecular complexity index is 907. The second kappa shape index (κ2) is 7.09. The molecule has 0 bridgehead atoms. The number of benzene rings is 2. The Morgan fingerprint density at radius 3 is 2.32 bits per heavy atom. The van der Waals surface area contributed by atoms with Crippen LogP contribution in [-0.4, -0.2) is 21.3 Å². The molecule has 0 N–H and O–H groups in total. The van der Waals surface area contributed by atoms with Crippen molar-refractivity contribution in [3.63, 3.8) is 0 Å². The Morgan fingerprint density at radius 1 is 0.960 bits per heavy atom. The molecule has 0 radical (unpaired) electrons. The molecule has 0 saturated carbocycles. The van der Waals surface area contributed by atoms with Gasteiger partial charge < -0.3 is 18.6 Å². The van der Waals surface area contributed by atoms with Gasteiger partial charge in [-0.3, -0.25) is 4.79 Å². The smallest absolute Gasteiger partial charge is 0.198 e. The number of hydrogen-bond donors (Lipinski definition) is 0. The predicted octanol–water partition coefficient (Wildman–Crippen LogP) is 3.49. The summed E-state index contributed by atoms with van der Waals surface area (Å²) >= 11 is 0. The van der Waals surface area contributed by atoms with Crippen molar-refractivity contribution >= 4 is 11.0 Å². The largest absolute Gasteiger partial charge is 0.497 e. The lowest BCUT2D eigenvalue weighted by Crippen LogP contribution is -2.33. The molecule has 0 fully saturated rings. The van der Waals surface area contributed by atoms with Gasteiger partial charge >= 0.3 is 0 Å². The highest BCUT2D eigenvalue weighted by Gasteiger charge is 2.33. The second-order valence-corrected chi connectivity index (χ2v) is 5.68. The maximum atomic E-state index is 12.1. The van der Waals surface area contributed by atoms with Gasteiger partial charge in [-0.25, -0.2) is 0 Å². The Labute approximate surface area is 145 Å². The van der Waals surface area contributed by atoms with E-state index in [1.165, 1.54) is 12.3 Å². The van der Waals surface area contributed by atoms with Gasteiger partial charge in [0.15, 0.2) is 11.2 Å². The van der Waals surface area contributed by atoms with Gasteiger partial charge in [-0.1, -0.05) is 12.1 Å². The lowest BCUT2D eigenvalue weighted by Gasteiger charge is -2.31. The minimum Gasteiger partial charge on any atom is -0.497 e. The molecule has 25 heavy (non-hydrogen) atoms. The van der Waals surface area contributed by atoms with E-state index in [2.05, 4.69) is 0 Å². The summed E-state index contributed by atoms with van der Waals surface area (Å²) in [7, 11) is 4.81. The zero-order valence-electron chi connectivity index (χ0n) is 14.4. The first-order valence-electron chi connectivity index (χ1n) is 7.87. The van der Waals surface area contributed by atoms with Crippen LogP contribution in [0.2, 0.25) is 0 Å². The molecule has 0 unspecified atom stereocenters. The third kappa shape index (κ3) is 3.29. The van der Waals surface area contributed by atoms with Crippen molar-refractivity contribution in [1.82, 2.24) is 0 Å². The van der Waals surface area contributed by atoms with Crippen LogP contribution in [0.25, 0.3) is 11.0 Å². The van der Waals surface area contributed by atoms with E-state index in [9.17, 15) is 4.79 Å². The normalized spacial score (nSPS) is 11.6. The van der Waals surface area contributed by atoms with Gasteiger partial charge in [0.1, 0.15) is 11.3 Å². The minimum atomic E-state index is -1.01. The van der Waals surface area contributed by atoms with Crippen LogP contribution in [0.5, 0.6) is 5.75 Å². The minimum absolute atomic E-state index is 0.103. The zero-order chi connectivity index (χ0) is 17.9. The maximum Gasteiger partial charge on any atom is 0.198 e. The average molecular weight is 340 g/mol. The van der Waals surface area contributed by atoms with Gasteiger partial charge in [-0.2, -0.15) is 0 Å². The Balaban J connectivity index is 2.04. The van der Waals surface area contributed by atoms with Crippen LogP contribution in [0.1, 0.15) is 11.1 Å². The molecular weight excluding hydrogens is 320 g/mol. The Morgan fingerprint density at radius 2 is 1.68 bits per heavy atom. The number of fused-ring (bicyclic) bond motifs is 1. The highest BCUT2D eigenvalue weighted by molar-refractivity contribution is 5.77. The summed E-state index contributed by atoms with van der Waals surface area (Å²) < 4.78 is 22.0. The zero-order valence-corrected chi connectivity index (χ0v) is 14.4. The summed E-state index contributed by atoms with van der Waals surface area (Å²) in [4.78, 5) is 12.1. The monoisotopic (exact) mass is 340 g/mol. The molecule has 5 heteroatoms. The van der Waals surface area contributed by atoms with Crippen LogP contribution in [0.15, 0.2) is 64.0 Å². The lowest BCUT2D eigenvalue weighted by atomic mass is 9.96. The van der Waals surface area contributed by atoms with Gasteiger partial charge in [-0.05, 0) is 35.9 Å². The van der Waals surface area contributed by atoms with Crippen molar-refractivity contribution < 1.29 is 18.6 Å². The quantitative estimate of drug-likeness (QED) is 0.643. The van der Waals surface area contributed by atoms with Crippen LogP contribution in [-0.2, 0) is 21.7 Å². The van der Waals surface area contributed by atoms with Crippen LogP contribution in [0.3, 0.4) is 0 Å². The third-order valence-electron chi connectivity index (χ3n) is 4.35. The molecule has 130 valence electrons. The van der Waals surface area contributed by atoms with Crippen molar-refractivity contribution in [3.05, 3.63) is 76.1 Å². The molecule has 0 amide bonds. The van der Waals surface area contributed by atoms with Gasteiger partial charge in [0, 0.05) is 32.3 Å². The summed E-state index contributed by atoms with van der Waals surface area (Å²) in [6, 6.07) is 14.5. The SMILES string of the molecule is COc1ccc(CC(OC)(OC)c2ccc3occc(=O)c3c2)cc1. The highest BCUT2D eigenvalue weighted by Crippen LogP contribution is 2.32. The lowest BCUT2D eigenvalue weighted by molar-refractivity contribution is -0.214. The van der Waals surface area contributed by atoms with E-state index in [-0.39, 0.29) is 5.43 Å². The molecule has 3 aromatic rings. The fourth-order valence-corrected chi connectivity index (χ4v) is 2.90. The first-order valence-corrected chi connectivity index (χ1v) is 7.87. The third-order valence-corrected chi connectivity index (χ3v) is 4.35. The van der Waals surface area contributed by atoms with Crippen LogP contribution >= 0.6 is 0 Å². The van der Waals surface area contributed by atoms with Gasteiger partial charge in [0.25, 0.3) is 0 Å². The second-order valence-electron chi connectivity index (χ2n) is 5.68. The number of hydrogen-bond acceptors (Lipinski definition) is 5. The van der Waals surface area contributed by atoms with Crippen molar-refractivity contribution in [2.24, 2.45) is 0 Å². The average Bonchev–Trinajstić information content (AvgIpc) is 2.67. The first kappa shape index (κ1) is 17.2. The van der Waals surface area contributed by atoms with E-state index in [1.54, 1.807) is 33.5 Å². The summed E-state index contributed by atoms with van der Waals surface area (Å²) in [6.07, 6.45) is 1.87. The van der Waals surface area contributed by atoms with E-state index in [0.29, 0.717) is 17.4 Å². The van der Waals surface area contributed by atoms with Crippen LogP contribution in [0, 0.1) is 0 Å². The standard InChI is InChI=1S/C20H20O5/c1-22-16-7-4-14(5-8-16)13-20(23-2,24-3)15-6-9-19-17(12-15)18(21)10-11-25-19/h4-12H,13H2,1-3H3. The molecule has 2 aromatic carbocycles. The van der Waals surface area contributed by atoms with E-state index in [0.717, 1.165) is 16.9 Å². The number of ether oxygens (including phenoxy) is 3. The molecule has 0 aliphatic rings. The Kier molecular flexibility index (Phi) is 4.88.